The van der Waals surface area contributed by atoms with Crippen LogP contribution in [0.25, 0.3) is 0 Å². The number of hydrogen-bond donors (Lipinski definition) is 0. The average Bonchev–Trinajstić information content (AvgIpc) is 3.41. The summed E-state index contributed by atoms with van der Waals surface area (Å²) in [5.41, 5.74) is 1.82. The van der Waals surface area contributed by atoms with E-state index in [1.54, 1.807) is 37.8 Å². The van der Waals surface area contributed by atoms with Crippen LogP contribution >= 0.6 is 11.3 Å². The lowest BCUT2D eigenvalue weighted by Crippen LogP contribution is -2.49. The summed E-state index contributed by atoms with van der Waals surface area (Å²) < 4.78 is 40.3. The normalized spacial score (nSPS) is 14.1. The number of anilines is 1. The molecule has 1 aromatic heterocycles. The Labute approximate surface area is 203 Å². The van der Waals surface area contributed by atoms with Crippen molar-refractivity contribution in [3.8, 4) is 17.2 Å². The van der Waals surface area contributed by atoms with Gasteiger partial charge in [-0.05, 0) is 53.4 Å². The Morgan fingerprint density at radius 3 is 2.26 bits per heavy atom. The maximum atomic E-state index is 12.8. The second-order valence-corrected chi connectivity index (χ2v) is 10.1. The van der Waals surface area contributed by atoms with Gasteiger partial charge < -0.3 is 23.5 Å². The highest BCUT2D eigenvalue weighted by Crippen LogP contribution is 2.28. The molecule has 34 heavy (non-hydrogen) atoms. The van der Waals surface area contributed by atoms with Crippen LogP contribution in [0.5, 0.6) is 17.2 Å². The Bertz CT molecular complexity index is 1220. The molecule has 0 unspecified atom stereocenters. The molecule has 1 fully saturated rings. The number of benzene rings is 2. The van der Waals surface area contributed by atoms with Crippen molar-refractivity contribution in [2.75, 3.05) is 45.3 Å². The molecule has 2 aromatic carbocycles. The zero-order chi connectivity index (χ0) is 24.1. The van der Waals surface area contributed by atoms with E-state index in [0.717, 1.165) is 11.3 Å². The van der Waals surface area contributed by atoms with Crippen LogP contribution in [0, 0.1) is 0 Å². The van der Waals surface area contributed by atoms with Gasteiger partial charge in [0.1, 0.15) is 10.6 Å². The molecule has 0 spiro atoms. The van der Waals surface area contributed by atoms with Gasteiger partial charge in [0, 0.05) is 37.2 Å². The second-order valence-electron chi connectivity index (χ2n) is 7.72. The molecule has 10 heteroatoms. The first-order chi connectivity index (χ1) is 16.4. The Balaban J connectivity index is 1.31. The van der Waals surface area contributed by atoms with Crippen molar-refractivity contribution in [2.24, 2.45) is 0 Å². The van der Waals surface area contributed by atoms with Crippen molar-refractivity contribution in [2.45, 2.75) is 11.3 Å². The number of piperazine rings is 1. The molecule has 2 heterocycles. The van der Waals surface area contributed by atoms with Gasteiger partial charge in [0.15, 0.2) is 11.5 Å². The fourth-order valence-electron chi connectivity index (χ4n) is 3.77. The van der Waals surface area contributed by atoms with E-state index in [0.29, 0.717) is 44.1 Å². The van der Waals surface area contributed by atoms with Crippen LogP contribution in [-0.4, -0.2) is 59.6 Å². The van der Waals surface area contributed by atoms with Gasteiger partial charge in [-0.15, -0.1) is 0 Å². The van der Waals surface area contributed by atoms with E-state index >= 15 is 0 Å². The van der Waals surface area contributed by atoms with E-state index in [9.17, 15) is 13.2 Å². The molecule has 1 aliphatic heterocycles. The average molecular weight is 503 g/mol. The largest absolute Gasteiger partial charge is 0.493 e. The summed E-state index contributed by atoms with van der Waals surface area (Å²) in [6.45, 7) is 2.59. The summed E-state index contributed by atoms with van der Waals surface area (Å²) >= 11 is 1.30. The van der Waals surface area contributed by atoms with Crippen molar-refractivity contribution in [1.82, 2.24) is 4.90 Å². The Kier molecular flexibility index (Phi) is 7.28. The molecule has 1 saturated heterocycles. The van der Waals surface area contributed by atoms with E-state index in [1.165, 1.54) is 22.8 Å². The van der Waals surface area contributed by atoms with Crippen LogP contribution in [0.1, 0.15) is 5.56 Å². The number of methoxy groups -OCH3 is 2. The van der Waals surface area contributed by atoms with E-state index in [2.05, 4.69) is 4.90 Å². The molecule has 0 N–H and O–H groups in total. The molecule has 1 amide bonds. The minimum atomic E-state index is -3.82. The summed E-state index contributed by atoms with van der Waals surface area (Å²) in [6, 6.07) is 14.0. The summed E-state index contributed by atoms with van der Waals surface area (Å²) in [4.78, 5) is 17.0. The lowest BCUT2D eigenvalue weighted by molar-refractivity contribution is -0.130. The lowest BCUT2D eigenvalue weighted by Gasteiger charge is -2.36. The summed E-state index contributed by atoms with van der Waals surface area (Å²) in [7, 11) is -0.669. The van der Waals surface area contributed by atoms with E-state index in [1.807, 2.05) is 29.2 Å². The molecule has 0 aliphatic carbocycles. The SMILES string of the molecule is COc1ccc(CC(=O)N2CCN(c3ccc(OS(=O)(=O)c4ccsc4)cc3)CC2)cc1OC. The second kappa shape index (κ2) is 10.4. The number of ether oxygens (including phenoxy) is 2. The van der Waals surface area contributed by atoms with E-state index in [-0.39, 0.29) is 16.6 Å². The zero-order valence-electron chi connectivity index (χ0n) is 19.0. The number of nitrogens with zero attached hydrogens (tertiary/aromatic N) is 2. The highest BCUT2D eigenvalue weighted by Gasteiger charge is 2.22. The van der Waals surface area contributed by atoms with Crippen molar-refractivity contribution in [1.29, 1.82) is 0 Å². The maximum Gasteiger partial charge on any atom is 0.340 e. The molecule has 4 rings (SSSR count). The maximum absolute atomic E-state index is 12.8. The predicted molar refractivity (Wildman–Crippen MR) is 131 cm³/mol. The van der Waals surface area contributed by atoms with Crippen molar-refractivity contribution in [3.05, 3.63) is 64.9 Å². The molecule has 180 valence electrons. The zero-order valence-corrected chi connectivity index (χ0v) is 20.6. The third kappa shape index (κ3) is 5.45. The summed E-state index contributed by atoms with van der Waals surface area (Å²) in [6.07, 6.45) is 0.297. The quantitative estimate of drug-likeness (QED) is 0.436. The minimum Gasteiger partial charge on any atom is -0.493 e. The monoisotopic (exact) mass is 502 g/mol. The predicted octanol–water partition coefficient (Wildman–Crippen LogP) is 3.42. The fraction of sp³-hybridized carbons (Fsp3) is 0.292. The van der Waals surface area contributed by atoms with Crippen LogP contribution in [0.3, 0.4) is 0 Å². The molecular weight excluding hydrogens is 476 g/mol. The van der Waals surface area contributed by atoms with Gasteiger partial charge in [-0.2, -0.15) is 19.8 Å². The Morgan fingerprint density at radius 1 is 0.941 bits per heavy atom. The van der Waals surface area contributed by atoms with Gasteiger partial charge in [0.2, 0.25) is 5.91 Å². The number of amides is 1. The van der Waals surface area contributed by atoms with Crippen LogP contribution in [0.15, 0.2) is 64.2 Å². The van der Waals surface area contributed by atoms with Crippen LogP contribution in [0.4, 0.5) is 5.69 Å². The first-order valence-corrected chi connectivity index (χ1v) is 13.0. The van der Waals surface area contributed by atoms with Crippen molar-refractivity contribution < 1.29 is 26.9 Å². The van der Waals surface area contributed by atoms with Crippen LogP contribution in [0.2, 0.25) is 0 Å². The molecule has 0 bridgehead atoms. The Morgan fingerprint density at radius 2 is 1.65 bits per heavy atom. The number of carbonyl (C=O) groups excluding carboxylic acids is 1. The first kappa shape index (κ1) is 23.9. The van der Waals surface area contributed by atoms with Gasteiger partial charge >= 0.3 is 10.1 Å². The van der Waals surface area contributed by atoms with Crippen LogP contribution < -0.4 is 18.6 Å². The Hall–Kier alpha value is -3.24. The molecule has 8 nitrogen and oxygen atoms in total. The summed E-state index contributed by atoms with van der Waals surface area (Å²) in [5.74, 6) is 1.56. The molecule has 0 atom stereocenters. The van der Waals surface area contributed by atoms with Gasteiger partial charge in [-0.3, -0.25) is 4.79 Å². The topological polar surface area (TPSA) is 85.4 Å². The molecular formula is C24H26N2O6S2. The van der Waals surface area contributed by atoms with Gasteiger partial charge in [-0.25, -0.2) is 0 Å². The van der Waals surface area contributed by atoms with E-state index < -0.39 is 10.1 Å². The molecule has 3 aromatic rings. The third-order valence-electron chi connectivity index (χ3n) is 5.63. The minimum absolute atomic E-state index is 0.0641. The van der Waals surface area contributed by atoms with Crippen molar-refractivity contribution in [3.63, 3.8) is 0 Å². The summed E-state index contributed by atoms with van der Waals surface area (Å²) in [5, 5.41) is 3.23. The highest BCUT2D eigenvalue weighted by atomic mass is 32.2. The lowest BCUT2D eigenvalue weighted by atomic mass is 10.1. The van der Waals surface area contributed by atoms with E-state index in [4.69, 9.17) is 13.7 Å². The number of thiophene rings is 1. The number of hydrogen-bond acceptors (Lipinski definition) is 8. The fourth-order valence-corrected chi connectivity index (χ4v) is 5.71. The number of rotatable bonds is 8. The molecule has 0 radical (unpaired) electrons. The van der Waals surface area contributed by atoms with Crippen molar-refractivity contribution >= 4 is 33.0 Å². The molecule has 1 aliphatic rings. The van der Waals surface area contributed by atoms with Gasteiger partial charge in [-0.1, -0.05) is 6.07 Å². The third-order valence-corrected chi connectivity index (χ3v) is 7.70. The molecule has 0 saturated carbocycles. The van der Waals surface area contributed by atoms with Gasteiger partial charge in [0.25, 0.3) is 0 Å². The number of carbonyl (C=O) groups is 1. The smallest absolute Gasteiger partial charge is 0.340 e. The van der Waals surface area contributed by atoms with Gasteiger partial charge in [0.05, 0.1) is 20.6 Å². The van der Waals surface area contributed by atoms with Crippen LogP contribution in [-0.2, 0) is 21.3 Å². The standard InChI is InChI=1S/C24H26N2O6S2/c1-30-22-8-3-18(15-23(22)31-2)16-24(27)26-12-10-25(11-13-26)19-4-6-20(7-5-19)32-34(28,29)21-9-14-33-17-21/h3-9,14-15,17H,10-13,16H2,1-2H3. The highest BCUT2D eigenvalue weighted by molar-refractivity contribution is 7.87. The first-order valence-electron chi connectivity index (χ1n) is 10.7.